The van der Waals surface area contributed by atoms with E-state index in [0.717, 1.165) is 19.3 Å². The molecule has 0 bridgehead atoms. The molecular weight excluding hydrogens is 378 g/mol. The van der Waals surface area contributed by atoms with Crippen molar-refractivity contribution in [3.8, 4) is 0 Å². The first-order valence-corrected chi connectivity index (χ1v) is 10.2. The summed E-state index contributed by atoms with van der Waals surface area (Å²) in [5, 5.41) is 17.0. The second-order valence-corrected chi connectivity index (χ2v) is 7.85. The van der Waals surface area contributed by atoms with Gasteiger partial charge in [0.15, 0.2) is 0 Å². The number of carbonyl (C=O) groups is 3. The third-order valence-electron chi connectivity index (χ3n) is 3.97. The van der Waals surface area contributed by atoms with Crippen LogP contribution in [-0.4, -0.2) is 45.8 Å². The summed E-state index contributed by atoms with van der Waals surface area (Å²) >= 11 is 0. The number of rotatable bonds is 14. The van der Waals surface area contributed by atoms with Gasteiger partial charge in [0.05, 0.1) is 6.42 Å². The number of allylic oxidation sites excluding steroid dienone is 1. The maximum atomic E-state index is 10.8. The van der Waals surface area contributed by atoms with Gasteiger partial charge in [0.25, 0.3) is 10.1 Å². The van der Waals surface area contributed by atoms with Gasteiger partial charge < -0.3 is 15.9 Å². The maximum Gasteiger partial charge on any atom is 0.328 e. The highest BCUT2D eigenvalue weighted by Crippen LogP contribution is 2.25. The molecule has 0 fully saturated rings. The van der Waals surface area contributed by atoms with Gasteiger partial charge >= 0.3 is 11.9 Å². The fraction of sp³-hybridized carbons (Fsp3) is 0.706. The molecule has 9 nitrogen and oxygen atoms in total. The molecule has 0 aromatic rings. The summed E-state index contributed by atoms with van der Waals surface area (Å²) in [4.78, 5) is 31.3. The van der Waals surface area contributed by atoms with Gasteiger partial charge in [0.1, 0.15) is 0 Å². The van der Waals surface area contributed by atoms with E-state index in [0.29, 0.717) is 6.42 Å². The van der Waals surface area contributed by atoms with Crippen molar-refractivity contribution in [3.63, 3.8) is 0 Å². The molecule has 158 valence electrons. The molecule has 0 aromatic carbocycles. The summed E-state index contributed by atoms with van der Waals surface area (Å²) in [5.74, 6) is -3.65. The largest absolute Gasteiger partial charge is 0.481 e. The van der Waals surface area contributed by atoms with Gasteiger partial charge in [-0.05, 0) is 25.7 Å². The Kier molecular flexibility index (Phi) is 14.3. The molecule has 27 heavy (non-hydrogen) atoms. The Balaban J connectivity index is 0. The number of carbonyl (C=O) groups excluding carboxylic acids is 1. The van der Waals surface area contributed by atoms with E-state index in [4.69, 9.17) is 20.5 Å². The molecule has 10 heteroatoms. The van der Waals surface area contributed by atoms with E-state index in [2.05, 4.69) is 6.58 Å². The van der Waals surface area contributed by atoms with Crippen LogP contribution in [0.4, 0.5) is 0 Å². The van der Waals surface area contributed by atoms with E-state index in [1.165, 1.54) is 32.6 Å². The molecule has 5 N–H and O–H groups in total. The molecule has 0 radical (unpaired) electrons. The Hall–Kier alpha value is -1.94. The number of carboxylic acids is 2. The minimum atomic E-state index is -4.95. The highest BCUT2D eigenvalue weighted by atomic mass is 32.2. The fourth-order valence-corrected chi connectivity index (χ4v) is 3.17. The minimum absolute atomic E-state index is 0.174. The molecule has 0 saturated carbocycles. The van der Waals surface area contributed by atoms with Crippen molar-refractivity contribution in [2.24, 2.45) is 5.73 Å². The average molecular weight is 410 g/mol. The molecule has 1 atom stereocenters. The summed E-state index contributed by atoms with van der Waals surface area (Å²) in [7, 11) is -4.95. The molecule has 0 aliphatic carbocycles. The zero-order valence-electron chi connectivity index (χ0n) is 15.7. The maximum absolute atomic E-state index is 10.8. The lowest BCUT2D eigenvalue weighted by atomic mass is 10.0. The quantitative estimate of drug-likeness (QED) is 0.192. The topological polar surface area (TPSA) is 172 Å². The van der Waals surface area contributed by atoms with E-state index in [9.17, 15) is 22.8 Å². The smallest absolute Gasteiger partial charge is 0.328 e. The summed E-state index contributed by atoms with van der Waals surface area (Å²) in [6, 6.07) is 0. The highest BCUT2D eigenvalue weighted by Gasteiger charge is 2.50. The van der Waals surface area contributed by atoms with Crippen LogP contribution in [0.15, 0.2) is 12.7 Å². The summed E-state index contributed by atoms with van der Waals surface area (Å²) in [6.07, 6.45) is 9.07. The summed E-state index contributed by atoms with van der Waals surface area (Å²) < 4.78 is 27.6. The van der Waals surface area contributed by atoms with Gasteiger partial charge in [-0.2, -0.15) is 8.42 Å². The SMILES string of the molecule is C=CCCCCCCCCC(N)=O.CCC(CC(=O)O)(C(=O)O)S(=O)(=O)O. The van der Waals surface area contributed by atoms with Crippen molar-refractivity contribution < 1.29 is 37.6 Å². The average Bonchev–Trinajstić information content (AvgIpc) is 2.53. The number of hydrogen-bond acceptors (Lipinski definition) is 5. The molecule has 0 rings (SSSR count). The monoisotopic (exact) mass is 409 g/mol. The Morgan fingerprint density at radius 3 is 1.81 bits per heavy atom. The third kappa shape index (κ3) is 12.1. The van der Waals surface area contributed by atoms with Gasteiger partial charge in [-0.1, -0.05) is 38.7 Å². The van der Waals surface area contributed by atoms with Crippen molar-refractivity contribution in [2.45, 2.75) is 75.9 Å². The van der Waals surface area contributed by atoms with Crippen molar-refractivity contribution in [3.05, 3.63) is 12.7 Å². The molecule has 0 saturated heterocycles. The van der Waals surface area contributed by atoms with Crippen LogP contribution in [0.1, 0.15) is 71.1 Å². The molecule has 0 heterocycles. The zero-order chi connectivity index (χ0) is 21.5. The zero-order valence-corrected chi connectivity index (χ0v) is 16.5. The first kappa shape index (κ1) is 27.3. The number of carboxylic acid groups (broad SMARTS) is 2. The number of nitrogens with two attached hydrogens (primary N) is 1. The van der Waals surface area contributed by atoms with Crippen molar-refractivity contribution >= 4 is 28.0 Å². The fourth-order valence-electron chi connectivity index (χ4n) is 2.28. The van der Waals surface area contributed by atoms with E-state index in [1.807, 2.05) is 6.08 Å². The second kappa shape index (κ2) is 14.2. The first-order valence-electron chi connectivity index (χ1n) is 8.76. The Labute approximate surface area is 160 Å². The molecule has 0 aliphatic heterocycles. The van der Waals surface area contributed by atoms with Crippen LogP contribution in [0.3, 0.4) is 0 Å². The Bertz CT molecular complexity index is 588. The van der Waals surface area contributed by atoms with Crippen molar-refractivity contribution in [1.82, 2.24) is 0 Å². The van der Waals surface area contributed by atoms with Crippen LogP contribution < -0.4 is 5.73 Å². The normalized spacial score (nSPS) is 13.0. The first-order chi connectivity index (χ1) is 12.4. The van der Waals surface area contributed by atoms with Gasteiger partial charge in [-0.3, -0.25) is 18.9 Å². The lowest BCUT2D eigenvalue weighted by molar-refractivity contribution is -0.147. The number of primary amides is 1. The van der Waals surface area contributed by atoms with Crippen LogP contribution in [0.2, 0.25) is 0 Å². The standard InChI is InChI=1S/C11H21NO.C6H10O7S/c1-2-3-4-5-6-7-8-9-10-11(12)13;1-2-6(5(9)10,3-4(7)8)14(11,12)13/h2H,1,3-10H2,(H2,12,13);2-3H2,1H3,(H,7,8)(H,9,10)(H,11,12,13). The number of aliphatic carboxylic acids is 2. The molecule has 1 amide bonds. The van der Waals surface area contributed by atoms with E-state index in [-0.39, 0.29) is 5.91 Å². The van der Waals surface area contributed by atoms with Crippen LogP contribution >= 0.6 is 0 Å². The number of amides is 1. The van der Waals surface area contributed by atoms with Gasteiger partial charge in [-0.25, -0.2) is 0 Å². The lowest BCUT2D eigenvalue weighted by Crippen LogP contribution is -2.47. The minimum Gasteiger partial charge on any atom is -0.481 e. The Morgan fingerprint density at radius 1 is 1.04 bits per heavy atom. The molecule has 0 aliphatic rings. The molecule has 0 aromatic heterocycles. The predicted molar refractivity (Wildman–Crippen MR) is 101 cm³/mol. The highest BCUT2D eigenvalue weighted by molar-refractivity contribution is 7.88. The van der Waals surface area contributed by atoms with E-state index >= 15 is 0 Å². The number of unbranched alkanes of at least 4 members (excludes halogenated alkanes) is 6. The molecular formula is C17H31NO8S. The van der Waals surface area contributed by atoms with Crippen molar-refractivity contribution in [2.75, 3.05) is 0 Å². The second-order valence-electron chi connectivity index (χ2n) is 6.11. The van der Waals surface area contributed by atoms with Crippen LogP contribution in [0.5, 0.6) is 0 Å². The summed E-state index contributed by atoms with van der Waals surface area (Å²) in [6.45, 7) is 4.85. The van der Waals surface area contributed by atoms with Crippen LogP contribution in [0.25, 0.3) is 0 Å². The summed E-state index contributed by atoms with van der Waals surface area (Å²) in [5.41, 5.74) is 5.02. The lowest BCUT2D eigenvalue weighted by Gasteiger charge is -2.22. The molecule has 0 spiro atoms. The third-order valence-corrected chi connectivity index (χ3v) is 5.57. The van der Waals surface area contributed by atoms with E-state index in [1.54, 1.807) is 0 Å². The Morgan fingerprint density at radius 2 is 1.52 bits per heavy atom. The van der Waals surface area contributed by atoms with Crippen molar-refractivity contribution in [1.29, 1.82) is 0 Å². The van der Waals surface area contributed by atoms with Gasteiger partial charge in [0, 0.05) is 6.42 Å². The van der Waals surface area contributed by atoms with Gasteiger partial charge in [0.2, 0.25) is 10.7 Å². The van der Waals surface area contributed by atoms with Crippen LogP contribution in [-0.2, 0) is 24.5 Å². The number of hydrogen-bond donors (Lipinski definition) is 4. The predicted octanol–water partition coefficient (Wildman–Crippen LogP) is 2.36. The van der Waals surface area contributed by atoms with Gasteiger partial charge in [-0.15, -0.1) is 6.58 Å². The van der Waals surface area contributed by atoms with Crippen LogP contribution in [0, 0.1) is 0 Å². The molecule has 1 unspecified atom stereocenters. The van der Waals surface area contributed by atoms with E-state index < -0.39 is 39.6 Å².